The molecular formula is C13H22O4. The van der Waals surface area contributed by atoms with E-state index in [9.17, 15) is 4.79 Å². The summed E-state index contributed by atoms with van der Waals surface area (Å²) in [6, 6.07) is 0. The summed E-state index contributed by atoms with van der Waals surface area (Å²) < 4.78 is 16.5. The zero-order chi connectivity index (χ0) is 12.7. The van der Waals surface area contributed by atoms with Crippen LogP contribution in [0.4, 0.5) is 0 Å². The maximum Gasteiger partial charge on any atom is 0.163 e. The highest BCUT2D eigenvalue weighted by atomic mass is 16.7. The maximum absolute atomic E-state index is 10.6. The highest BCUT2D eigenvalue weighted by Gasteiger charge is 2.32. The monoisotopic (exact) mass is 242 g/mol. The Labute approximate surface area is 103 Å². The van der Waals surface area contributed by atoms with E-state index in [2.05, 4.69) is 0 Å². The van der Waals surface area contributed by atoms with Crippen LogP contribution in [0.2, 0.25) is 0 Å². The maximum atomic E-state index is 10.6. The molecule has 4 heteroatoms. The molecule has 0 aliphatic carbocycles. The largest absolute Gasteiger partial charge is 0.379 e. The van der Waals surface area contributed by atoms with E-state index in [-0.39, 0.29) is 11.9 Å². The SMILES string of the molecule is CC(=O)/C=C/CCCOC[C@H]1COC(C)(C)O1. The Morgan fingerprint density at radius 1 is 1.53 bits per heavy atom. The first kappa shape index (κ1) is 14.4. The molecule has 0 aromatic carbocycles. The van der Waals surface area contributed by atoms with Crippen LogP contribution in [0.5, 0.6) is 0 Å². The van der Waals surface area contributed by atoms with Gasteiger partial charge in [0.25, 0.3) is 0 Å². The second-order valence-corrected chi connectivity index (χ2v) is 4.68. The lowest BCUT2D eigenvalue weighted by molar-refractivity contribution is -0.145. The average Bonchev–Trinajstić information content (AvgIpc) is 2.56. The average molecular weight is 242 g/mol. The van der Waals surface area contributed by atoms with Crippen molar-refractivity contribution in [3.63, 3.8) is 0 Å². The number of ketones is 1. The molecule has 0 bridgehead atoms. The molecule has 1 saturated heterocycles. The van der Waals surface area contributed by atoms with Crippen LogP contribution >= 0.6 is 0 Å². The zero-order valence-electron chi connectivity index (χ0n) is 10.9. The van der Waals surface area contributed by atoms with Crippen LogP contribution in [0.3, 0.4) is 0 Å². The Morgan fingerprint density at radius 3 is 2.88 bits per heavy atom. The molecule has 17 heavy (non-hydrogen) atoms. The molecule has 1 heterocycles. The molecule has 0 amide bonds. The molecule has 0 aromatic heterocycles. The van der Waals surface area contributed by atoms with Gasteiger partial charge in [0.1, 0.15) is 6.10 Å². The van der Waals surface area contributed by atoms with Gasteiger partial charge in [-0.3, -0.25) is 4.79 Å². The van der Waals surface area contributed by atoms with E-state index in [0.717, 1.165) is 12.8 Å². The number of unbranched alkanes of at least 4 members (excludes halogenated alkanes) is 1. The Bertz CT molecular complexity index is 271. The number of allylic oxidation sites excluding steroid dienone is 2. The quantitative estimate of drug-likeness (QED) is 0.506. The summed E-state index contributed by atoms with van der Waals surface area (Å²) in [6.45, 7) is 7.20. The fourth-order valence-corrected chi connectivity index (χ4v) is 1.61. The molecule has 0 aromatic rings. The van der Waals surface area contributed by atoms with Crippen molar-refractivity contribution in [1.29, 1.82) is 0 Å². The molecular weight excluding hydrogens is 220 g/mol. The summed E-state index contributed by atoms with van der Waals surface area (Å²) in [5.41, 5.74) is 0. The van der Waals surface area contributed by atoms with Crippen molar-refractivity contribution in [2.24, 2.45) is 0 Å². The molecule has 0 spiro atoms. The highest BCUT2D eigenvalue weighted by Crippen LogP contribution is 2.22. The van der Waals surface area contributed by atoms with E-state index in [4.69, 9.17) is 14.2 Å². The van der Waals surface area contributed by atoms with Gasteiger partial charge in [-0.1, -0.05) is 6.08 Å². The van der Waals surface area contributed by atoms with Crippen molar-refractivity contribution in [2.75, 3.05) is 19.8 Å². The topological polar surface area (TPSA) is 44.8 Å². The fourth-order valence-electron chi connectivity index (χ4n) is 1.61. The van der Waals surface area contributed by atoms with Gasteiger partial charge >= 0.3 is 0 Å². The van der Waals surface area contributed by atoms with Gasteiger partial charge in [0.15, 0.2) is 11.6 Å². The molecule has 0 unspecified atom stereocenters. The second-order valence-electron chi connectivity index (χ2n) is 4.68. The summed E-state index contributed by atoms with van der Waals surface area (Å²) in [7, 11) is 0. The lowest BCUT2D eigenvalue weighted by Gasteiger charge is -2.16. The second kappa shape index (κ2) is 6.89. The van der Waals surface area contributed by atoms with Gasteiger partial charge in [-0.05, 0) is 39.7 Å². The van der Waals surface area contributed by atoms with Crippen molar-refractivity contribution in [1.82, 2.24) is 0 Å². The van der Waals surface area contributed by atoms with Crippen LogP contribution in [0.1, 0.15) is 33.6 Å². The van der Waals surface area contributed by atoms with Crippen LogP contribution in [0, 0.1) is 0 Å². The van der Waals surface area contributed by atoms with E-state index in [0.29, 0.717) is 19.8 Å². The third-order valence-corrected chi connectivity index (χ3v) is 2.38. The molecule has 1 fully saturated rings. The predicted octanol–water partition coefficient (Wildman–Crippen LogP) is 2.08. The molecule has 0 radical (unpaired) electrons. The van der Waals surface area contributed by atoms with Gasteiger partial charge in [-0.2, -0.15) is 0 Å². The summed E-state index contributed by atoms with van der Waals surface area (Å²) in [5, 5.41) is 0. The first-order valence-electron chi connectivity index (χ1n) is 6.06. The van der Waals surface area contributed by atoms with E-state index >= 15 is 0 Å². The molecule has 1 atom stereocenters. The van der Waals surface area contributed by atoms with Gasteiger partial charge in [0.2, 0.25) is 0 Å². The van der Waals surface area contributed by atoms with Crippen molar-refractivity contribution in [3.05, 3.63) is 12.2 Å². The Morgan fingerprint density at radius 2 is 2.29 bits per heavy atom. The molecule has 1 aliphatic rings. The first-order chi connectivity index (χ1) is 7.99. The number of hydrogen-bond acceptors (Lipinski definition) is 4. The standard InChI is InChI=1S/C13H22O4/c1-11(14)7-5-4-6-8-15-9-12-10-16-13(2,3)17-12/h5,7,12H,4,6,8-10H2,1-3H3/b7-5+/t12-/m0/s1. The van der Waals surface area contributed by atoms with E-state index in [1.807, 2.05) is 19.9 Å². The van der Waals surface area contributed by atoms with E-state index in [1.54, 1.807) is 13.0 Å². The molecule has 1 rings (SSSR count). The highest BCUT2D eigenvalue weighted by molar-refractivity contribution is 5.87. The normalized spacial score (nSPS) is 23.4. The van der Waals surface area contributed by atoms with Crippen molar-refractivity contribution >= 4 is 5.78 Å². The number of hydrogen-bond donors (Lipinski definition) is 0. The minimum Gasteiger partial charge on any atom is -0.379 e. The Kier molecular flexibility index (Phi) is 5.82. The van der Waals surface area contributed by atoms with Crippen LogP contribution in [0.25, 0.3) is 0 Å². The first-order valence-corrected chi connectivity index (χ1v) is 6.06. The molecule has 98 valence electrons. The van der Waals surface area contributed by atoms with Gasteiger partial charge in [-0.15, -0.1) is 0 Å². The van der Waals surface area contributed by atoms with Crippen molar-refractivity contribution < 1.29 is 19.0 Å². The van der Waals surface area contributed by atoms with Crippen LogP contribution in [-0.4, -0.2) is 37.5 Å². The van der Waals surface area contributed by atoms with Gasteiger partial charge in [0.05, 0.1) is 13.2 Å². The minimum absolute atomic E-state index is 0.0396. The number of carbonyl (C=O) groups is 1. The number of carbonyl (C=O) groups excluding carboxylic acids is 1. The van der Waals surface area contributed by atoms with E-state index < -0.39 is 5.79 Å². The number of rotatable bonds is 7. The van der Waals surface area contributed by atoms with Crippen molar-refractivity contribution in [2.45, 2.75) is 45.5 Å². The molecule has 4 nitrogen and oxygen atoms in total. The zero-order valence-corrected chi connectivity index (χ0v) is 10.9. The molecule has 0 N–H and O–H groups in total. The van der Waals surface area contributed by atoms with Gasteiger partial charge in [-0.25, -0.2) is 0 Å². The van der Waals surface area contributed by atoms with Gasteiger partial charge < -0.3 is 14.2 Å². The molecule has 1 aliphatic heterocycles. The lowest BCUT2D eigenvalue weighted by Crippen LogP contribution is -2.24. The third kappa shape index (κ3) is 6.56. The van der Waals surface area contributed by atoms with Crippen molar-refractivity contribution in [3.8, 4) is 0 Å². The van der Waals surface area contributed by atoms with Crippen LogP contribution < -0.4 is 0 Å². The minimum atomic E-state index is -0.474. The van der Waals surface area contributed by atoms with Gasteiger partial charge in [0, 0.05) is 6.61 Å². The van der Waals surface area contributed by atoms with Crippen LogP contribution in [-0.2, 0) is 19.0 Å². The molecule has 0 saturated carbocycles. The van der Waals surface area contributed by atoms with Crippen LogP contribution in [0.15, 0.2) is 12.2 Å². The summed E-state index contributed by atoms with van der Waals surface area (Å²) in [5.74, 6) is -0.386. The summed E-state index contributed by atoms with van der Waals surface area (Å²) in [4.78, 5) is 10.6. The summed E-state index contributed by atoms with van der Waals surface area (Å²) in [6.07, 6.45) is 5.30. The smallest absolute Gasteiger partial charge is 0.163 e. The Hall–Kier alpha value is -0.710. The summed E-state index contributed by atoms with van der Waals surface area (Å²) >= 11 is 0. The predicted molar refractivity (Wildman–Crippen MR) is 64.8 cm³/mol. The number of ether oxygens (including phenoxy) is 3. The lowest BCUT2D eigenvalue weighted by atomic mass is 10.3. The third-order valence-electron chi connectivity index (χ3n) is 2.38. The van der Waals surface area contributed by atoms with E-state index in [1.165, 1.54) is 0 Å². The fraction of sp³-hybridized carbons (Fsp3) is 0.769. The Balaban J connectivity index is 1.96.